The second-order valence-electron chi connectivity index (χ2n) is 10.5. The van der Waals surface area contributed by atoms with E-state index in [4.69, 9.17) is 9.73 Å². The zero-order valence-electron chi connectivity index (χ0n) is 23.1. The van der Waals surface area contributed by atoms with Crippen LogP contribution in [0.1, 0.15) is 47.9 Å². The standard InChI is InChI=1S/C32H30F3N3O4/c1-19-8-6-11-22(18-19)27-24-12-7-13-25-28(24)38(16-17-42-25)31(41)29(36-27)37-30(40)23(14-15-32(33,34)35)26(20(2)39)21-9-4-3-5-10-21/h3-13,18,23,26,29H,14-17H2,1-2H3,(H,37,40)/t23-,26+,29-/m1/s1. The number of amides is 2. The van der Waals surface area contributed by atoms with Gasteiger partial charge in [0.15, 0.2) is 0 Å². The van der Waals surface area contributed by atoms with Crippen molar-refractivity contribution >= 4 is 29.0 Å². The first-order valence-electron chi connectivity index (χ1n) is 13.7. The fourth-order valence-corrected chi connectivity index (χ4v) is 5.63. The van der Waals surface area contributed by atoms with E-state index < -0.39 is 54.6 Å². The molecule has 42 heavy (non-hydrogen) atoms. The van der Waals surface area contributed by atoms with Crippen LogP contribution in [0, 0.1) is 12.8 Å². The average Bonchev–Trinajstić information content (AvgIpc) is 3.07. The maximum atomic E-state index is 13.9. The lowest BCUT2D eigenvalue weighted by molar-refractivity contribution is -0.144. The lowest BCUT2D eigenvalue weighted by Gasteiger charge is -2.32. The molecule has 3 aromatic carbocycles. The Kier molecular flexibility index (Phi) is 8.15. The number of nitrogens with zero attached hydrogens (tertiary/aromatic N) is 2. The van der Waals surface area contributed by atoms with Gasteiger partial charge in [-0.25, -0.2) is 4.99 Å². The van der Waals surface area contributed by atoms with Crippen molar-refractivity contribution < 1.29 is 32.3 Å². The van der Waals surface area contributed by atoms with Gasteiger partial charge in [0.05, 0.1) is 29.8 Å². The lowest BCUT2D eigenvalue weighted by Crippen LogP contribution is -2.51. The number of carbonyl (C=O) groups is 3. The minimum Gasteiger partial charge on any atom is -0.490 e. The molecule has 1 N–H and O–H groups in total. The van der Waals surface area contributed by atoms with Crippen molar-refractivity contribution in [3.8, 4) is 5.75 Å². The summed E-state index contributed by atoms with van der Waals surface area (Å²) in [5.41, 5.74) is 3.65. The third kappa shape index (κ3) is 6.07. The molecule has 7 nitrogen and oxygen atoms in total. The molecule has 2 amide bonds. The van der Waals surface area contributed by atoms with E-state index in [1.165, 1.54) is 11.8 Å². The molecule has 2 heterocycles. The molecular weight excluding hydrogens is 547 g/mol. The van der Waals surface area contributed by atoms with Gasteiger partial charge in [0.25, 0.3) is 5.91 Å². The van der Waals surface area contributed by atoms with Crippen molar-refractivity contribution in [2.75, 3.05) is 18.1 Å². The number of nitrogens with one attached hydrogen (secondary N) is 1. The highest BCUT2D eigenvalue weighted by Gasteiger charge is 2.41. The largest absolute Gasteiger partial charge is 0.490 e. The highest BCUT2D eigenvalue weighted by Crippen LogP contribution is 2.39. The Morgan fingerprint density at radius 1 is 1.07 bits per heavy atom. The van der Waals surface area contributed by atoms with Crippen LogP contribution in [0.4, 0.5) is 18.9 Å². The normalized spacial score (nSPS) is 17.7. The maximum Gasteiger partial charge on any atom is 0.389 e. The smallest absolute Gasteiger partial charge is 0.389 e. The van der Waals surface area contributed by atoms with E-state index in [-0.39, 0.29) is 13.2 Å². The molecule has 0 aromatic heterocycles. The summed E-state index contributed by atoms with van der Waals surface area (Å²) in [7, 11) is 0. The van der Waals surface area contributed by atoms with Gasteiger partial charge < -0.3 is 15.0 Å². The number of rotatable bonds is 8. The number of ether oxygens (including phenoxy) is 1. The van der Waals surface area contributed by atoms with Crippen molar-refractivity contribution in [2.45, 2.75) is 44.9 Å². The van der Waals surface area contributed by atoms with E-state index in [2.05, 4.69) is 5.32 Å². The first-order valence-corrected chi connectivity index (χ1v) is 13.7. The number of alkyl halides is 3. The molecule has 0 radical (unpaired) electrons. The quantitative estimate of drug-likeness (QED) is 0.391. The number of anilines is 1. The summed E-state index contributed by atoms with van der Waals surface area (Å²) in [4.78, 5) is 46.8. The molecule has 0 saturated carbocycles. The second-order valence-corrected chi connectivity index (χ2v) is 10.5. The van der Waals surface area contributed by atoms with Gasteiger partial charge in [0, 0.05) is 17.5 Å². The van der Waals surface area contributed by atoms with Gasteiger partial charge in [0.1, 0.15) is 18.1 Å². The number of aliphatic imine (C=N–C) groups is 1. The number of benzene rings is 3. The molecule has 0 bridgehead atoms. The second kappa shape index (κ2) is 11.8. The molecule has 0 spiro atoms. The van der Waals surface area contributed by atoms with Crippen LogP contribution >= 0.6 is 0 Å². The van der Waals surface area contributed by atoms with Gasteiger partial charge in [-0.15, -0.1) is 0 Å². The van der Waals surface area contributed by atoms with E-state index in [9.17, 15) is 27.6 Å². The van der Waals surface area contributed by atoms with E-state index in [0.29, 0.717) is 33.8 Å². The Morgan fingerprint density at radius 3 is 2.50 bits per heavy atom. The topological polar surface area (TPSA) is 88.1 Å². The Bertz CT molecular complexity index is 1540. The van der Waals surface area contributed by atoms with Crippen LogP contribution < -0.4 is 15.0 Å². The number of hydrogen-bond acceptors (Lipinski definition) is 5. The molecule has 218 valence electrons. The number of para-hydroxylation sites is 1. The van der Waals surface area contributed by atoms with E-state index in [1.54, 1.807) is 42.5 Å². The van der Waals surface area contributed by atoms with Gasteiger partial charge in [-0.1, -0.05) is 66.2 Å². The summed E-state index contributed by atoms with van der Waals surface area (Å²) in [6.45, 7) is 3.58. The summed E-state index contributed by atoms with van der Waals surface area (Å²) in [5.74, 6) is -3.89. The highest BCUT2D eigenvalue weighted by molar-refractivity contribution is 6.21. The molecule has 10 heteroatoms. The number of ketones is 1. The van der Waals surface area contributed by atoms with E-state index in [1.807, 2.05) is 37.3 Å². The number of halogens is 3. The molecule has 3 atom stereocenters. The summed E-state index contributed by atoms with van der Waals surface area (Å²) in [6.07, 6.45) is -7.89. The molecular formula is C32H30F3N3O4. The average molecular weight is 578 g/mol. The number of Topliss-reactive ketones (excluding diaryl/α,β-unsaturated/α-hetero) is 1. The minimum absolute atomic E-state index is 0.198. The SMILES string of the molecule is CC(=O)[C@@H](c1ccccc1)[C@@H](CCC(F)(F)F)C(=O)N[C@H]1N=C(c2cccc(C)c2)c2cccc3c2N(CCO3)C1=O. The lowest BCUT2D eigenvalue weighted by atomic mass is 9.80. The van der Waals surface area contributed by atoms with Gasteiger partial charge in [-0.2, -0.15) is 13.2 Å². The van der Waals surface area contributed by atoms with Crippen LogP contribution in [-0.2, 0) is 14.4 Å². The van der Waals surface area contributed by atoms with Crippen LogP contribution in [0.2, 0.25) is 0 Å². The Labute approximate surface area is 241 Å². The number of aryl methyl sites for hydroxylation is 1. The summed E-state index contributed by atoms with van der Waals surface area (Å²) in [5, 5.41) is 2.63. The number of carbonyl (C=O) groups excluding carboxylic acids is 3. The van der Waals surface area contributed by atoms with E-state index >= 15 is 0 Å². The molecule has 5 rings (SSSR count). The Hall–Kier alpha value is -4.47. The molecule has 0 aliphatic carbocycles. The molecule has 3 aromatic rings. The fourth-order valence-electron chi connectivity index (χ4n) is 5.63. The highest BCUT2D eigenvalue weighted by atomic mass is 19.4. The third-order valence-electron chi connectivity index (χ3n) is 7.50. The fraction of sp³-hybridized carbons (Fsp3) is 0.312. The van der Waals surface area contributed by atoms with Crippen LogP contribution in [0.15, 0.2) is 77.8 Å². The van der Waals surface area contributed by atoms with Gasteiger partial charge in [-0.3, -0.25) is 14.4 Å². The first kappa shape index (κ1) is 29.0. The van der Waals surface area contributed by atoms with Crippen LogP contribution in [0.25, 0.3) is 0 Å². The zero-order valence-corrected chi connectivity index (χ0v) is 23.1. The van der Waals surface area contributed by atoms with Crippen LogP contribution in [0.3, 0.4) is 0 Å². The van der Waals surface area contributed by atoms with Gasteiger partial charge >= 0.3 is 6.18 Å². The predicted octanol–water partition coefficient (Wildman–Crippen LogP) is 5.35. The van der Waals surface area contributed by atoms with Crippen LogP contribution in [0.5, 0.6) is 5.75 Å². The predicted molar refractivity (Wildman–Crippen MR) is 152 cm³/mol. The molecule has 2 aliphatic rings. The van der Waals surface area contributed by atoms with Crippen molar-refractivity contribution in [3.63, 3.8) is 0 Å². The van der Waals surface area contributed by atoms with Gasteiger partial charge in [0.2, 0.25) is 12.1 Å². The zero-order chi connectivity index (χ0) is 30.0. The number of hydrogen-bond donors (Lipinski definition) is 1. The maximum absolute atomic E-state index is 13.9. The summed E-state index contributed by atoms with van der Waals surface area (Å²) < 4.78 is 45.9. The monoisotopic (exact) mass is 577 g/mol. The van der Waals surface area contributed by atoms with Crippen molar-refractivity contribution in [3.05, 3.63) is 95.1 Å². The van der Waals surface area contributed by atoms with Crippen LogP contribution in [-0.4, -0.2) is 48.8 Å². The van der Waals surface area contributed by atoms with Gasteiger partial charge in [-0.05, 0) is 38.0 Å². The Balaban J connectivity index is 1.57. The third-order valence-corrected chi connectivity index (χ3v) is 7.50. The summed E-state index contributed by atoms with van der Waals surface area (Å²) >= 11 is 0. The Morgan fingerprint density at radius 2 is 1.81 bits per heavy atom. The molecule has 0 saturated heterocycles. The minimum atomic E-state index is -4.54. The summed E-state index contributed by atoms with van der Waals surface area (Å²) in [6, 6.07) is 21.1. The van der Waals surface area contributed by atoms with E-state index in [0.717, 1.165) is 5.56 Å². The first-order chi connectivity index (χ1) is 20.0. The molecule has 0 fully saturated rings. The van der Waals surface area contributed by atoms with Crippen molar-refractivity contribution in [1.82, 2.24) is 5.32 Å². The van der Waals surface area contributed by atoms with Crippen molar-refractivity contribution in [2.24, 2.45) is 10.9 Å². The molecule has 0 unspecified atom stereocenters. The molecule has 2 aliphatic heterocycles. The van der Waals surface area contributed by atoms with Crippen molar-refractivity contribution in [1.29, 1.82) is 0 Å².